The van der Waals surface area contributed by atoms with Gasteiger partial charge >= 0.3 is 5.91 Å². The summed E-state index contributed by atoms with van der Waals surface area (Å²) in [4.78, 5) is 12.5. The molecule has 9 heteroatoms. The highest BCUT2D eigenvalue weighted by Crippen LogP contribution is 2.30. The number of aryl methyl sites for hydroxylation is 2. The number of rotatable bonds is 10. The summed E-state index contributed by atoms with van der Waals surface area (Å²) < 4.78 is 21.7. The average Bonchev–Trinajstić information content (AvgIpc) is 3.51. The normalized spacial score (nSPS) is 12.1. The predicted molar refractivity (Wildman–Crippen MR) is 166 cm³/mol. The summed E-state index contributed by atoms with van der Waals surface area (Å²) in [6.45, 7) is 8.51. The highest BCUT2D eigenvalue weighted by atomic mass is 127. The van der Waals surface area contributed by atoms with Crippen molar-refractivity contribution in [3.05, 3.63) is 96.3 Å². The van der Waals surface area contributed by atoms with Crippen molar-refractivity contribution in [2.45, 2.75) is 46.8 Å². The number of nitrogens with zero attached hydrogens (tertiary/aromatic N) is 2. The molecule has 38 heavy (non-hydrogen) atoms. The number of aromatic nitrogens is 1. The number of carbonyl (C=O) groups excluding carboxylic acids is 1. The summed E-state index contributed by atoms with van der Waals surface area (Å²) in [5.41, 5.74) is 6.81. The molecule has 0 saturated carbocycles. The van der Waals surface area contributed by atoms with Gasteiger partial charge in [-0.2, -0.15) is 5.10 Å². The zero-order valence-electron chi connectivity index (χ0n) is 21.6. The Bertz CT molecular complexity index is 1400. The molecule has 0 spiro atoms. The van der Waals surface area contributed by atoms with Gasteiger partial charge in [0, 0.05) is 17.1 Å². The van der Waals surface area contributed by atoms with E-state index in [9.17, 15) is 4.79 Å². The number of benzene rings is 2. The van der Waals surface area contributed by atoms with Gasteiger partial charge in [0.1, 0.15) is 23.9 Å². The van der Waals surface area contributed by atoms with E-state index in [0.717, 1.165) is 30.6 Å². The van der Waals surface area contributed by atoms with Crippen LogP contribution in [0.5, 0.6) is 11.5 Å². The fraction of sp³-hybridized carbons (Fsp3) is 0.241. The zero-order valence-corrected chi connectivity index (χ0v) is 25.9. The first-order valence-corrected chi connectivity index (χ1v) is 14.4. The van der Waals surface area contributed by atoms with Crippen LogP contribution in [-0.2, 0) is 6.61 Å². The lowest BCUT2D eigenvalue weighted by atomic mass is 10.2. The third-order valence-electron chi connectivity index (χ3n) is 5.93. The van der Waals surface area contributed by atoms with Crippen LogP contribution in [0.1, 0.15) is 53.5 Å². The van der Waals surface area contributed by atoms with E-state index >= 15 is 0 Å². The summed E-state index contributed by atoms with van der Waals surface area (Å²) in [7, 11) is 0. The molecule has 198 valence electrons. The Kier molecular flexibility index (Phi) is 9.53. The quantitative estimate of drug-likeness (QED) is 0.105. The first-order chi connectivity index (χ1) is 18.2. The number of hydrogen-bond donors (Lipinski definition) is 1. The molecule has 0 saturated heterocycles. The van der Waals surface area contributed by atoms with Crippen LogP contribution in [0, 0.1) is 21.0 Å². The average molecular weight is 737 g/mol. The van der Waals surface area contributed by atoms with Gasteiger partial charge < -0.3 is 18.5 Å². The molecule has 7 nitrogen and oxygen atoms in total. The van der Waals surface area contributed by atoms with Gasteiger partial charge in [-0.25, -0.2) is 5.43 Å². The van der Waals surface area contributed by atoms with Crippen molar-refractivity contribution in [3.8, 4) is 17.2 Å². The molecule has 4 aromatic rings. The molecule has 0 fully saturated rings. The molecule has 2 heterocycles. The summed E-state index contributed by atoms with van der Waals surface area (Å²) in [6, 6.07) is 19.3. The van der Waals surface area contributed by atoms with E-state index < -0.39 is 5.91 Å². The summed E-state index contributed by atoms with van der Waals surface area (Å²) in [5.74, 6) is 1.86. The van der Waals surface area contributed by atoms with Gasteiger partial charge in [-0.3, -0.25) is 4.79 Å². The van der Waals surface area contributed by atoms with E-state index in [1.807, 2.05) is 43.3 Å². The molecule has 1 amide bonds. The van der Waals surface area contributed by atoms with Gasteiger partial charge in [0.25, 0.3) is 0 Å². The lowest BCUT2D eigenvalue weighted by molar-refractivity contribution is 0.0923. The van der Waals surface area contributed by atoms with Crippen molar-refractivity contribution in [1.29, 1.82) is 0 Å². The molecule has 0 radical (unpaired) electrons. The van der Waals surface area contributed by atoms with E-state index in [2.05, 4.69) is 93.2 Å². The van der Waals surface area contributed by atoms with E-state index in [0.29, 0.717) is 11.5 Å². The molecule has 0 aliphatic rings. The minimum atomic E-state index is -0.435. The number of furan rings is 1. The zero-order chi connectivity index (χ0) is 27.2. The molecule has 1 atom stereocenters. The Balaban J connectivity index is 1.31. The third kappa shape index (κ3) is 6.99. The highest BCUT2D eigenvalue weighted by Gasteiger charge is 2.13. The number of halogens is 2. The van der Waals surface area contributed by atoms with E-state index in [1.54, 1.807) is 18.3 Å². The summed E-state index contributed by atoms with van der Waals surface area (Å²) in [6.07, 6.45) is 2.68. The molecular weight excluding hydrogens is 708 g/mol. The molecule has 4 rings (SSSR count). The Morgan fingerprint density at radius 3 is 2.34 bits per heavy atom. The molecule has 0 bridgehead atoms. The molecule has 0 unspecified atom stereocenters. The standard InChI is InChI=1S/C29H29I2N3O4/c1-5-20(4)37-28-25(30)14-21(15-26(28)31)16-32-33-29(35)27-13-12-24(38-27)17-36-23-10-8-22(9-11-23)34-18(2)6-7-19(34)3/h6-16,20H,5,17H2,1-4H3,(H,33,35)/b32-16+/t20-/m1/s1. The van der Waals surface area contributed by atoms with E-state index in [-0.39, 0.29) is 18.5 Å². The van der Waals surface area contributed by atoms with Crippen LogP contribution >= 0.6 is 45.2 Å². The Morgan fingerprint density at radius 2 is 1.71 bits per heavy atom. The lowest BCUT2D eigenvalue weighted by Crippen LogP contribution is -2.17. The van der Waals surface area contributed by atoms with Crippen molar-refractivity contribution in [3.63, 3.8) is 0 Å². The first kappa shape index (κ1) is 28.2. The Hall–Kier alpha value is -2.80. The maximum absolute atomic E-state index is 12.5. The van der Waals surface area contributed by atoms with Gasteiger partial charge in [0.2, 0.25) is 0 Å². The molecule has 1 N–H and O–H groups in total. The Morgan fingerprint density at radius 1 is 1.05 bits per heavy atom. The van der Waals surface area contributed by atoms with Crippen LogP contribution in [0.3, 0.4) is 0 Å². The number of carbonyl (C=O) groups is 1. The summed E-state index contributed by atoms with van der Waals surface area (Å²) in [5, 5.41) is 4.09. The van der Waals surface area contributed by atoms with Crippen LogP contribution in [-0.4, -0.2) is 22.8 Å². The monoisotopic (exact) mass is 737 g/mol. The number of nitrogens with one attached hydrogen (secondary N) is 1. The topological polar surface area (TPSA) is 78.0 Å². The smallest absolute Gasteiger partial charge is 0.307 e. The van der Waals surface area contributed by atoms with Crippen molar-refractivity contribution in [2.24, 2.45) is 5.10 Å². The second kappa shape index (κ2) is 12.8. The minimum absolute atomic E-state index is 0.142. The van der Waals surface area contributed by atoms with Crippen LogP contribution in [0.2, 0.25) is 0 Å². The van der Waals surface area contributed by atoms with Crippen LogP contribution < -0.4 is 14.9 Å². The fourth-order valence-corrected chi connectivity index (χ4v) is 5.84. The van der Waals surface area contributed by atoms with E-state index in [4.69, 9.17) is 13.9 Å². The maximum Gasteiger partial charge on any atom is 0.307 e. The fourth-order valence-electron chi connectivity index (χ4n) is 3.77. The molecule has 2 aromatic heterocycles. The lowest BCUT2D eigenvalue weighted by Gasteiger charge is -2.16. The Labute approximate surface area is 249 Å². The highest BCUT2D eigenvalue weighted by molar-refractivity contribution is 14.1. The minimum Gasteiger partial charge on any atom is -0.489 e. The first-order valence-electron chi connectivity index (χ1n) is 12.2. The van der Waals surface area contributed by atoms with Gasteiger partial charge in [0.15, 0.2) is 5.76 Å². The number of amides is 1. The second-order valence-corrected chi connectivity index (χ2v) is 11.2. The van der Waals surface area contributed by atoms with Crippen molar-refractivity contribution < 1.29 is 18.7 Å². The summed E-state index contributed by atoms with van der Waals surface area (Å²) >= 11 is 4.50. The van der Waals surface area contributed by atoms with Gasteiger partial charge in [-0.1, -0.05) is 6.92 Å². The molecular formula is C29H29I2N3O4. The molecule has 2 aromatic carbocycles. The number of ether oxygens (including phenoxy) is 2. The second-order valence-electron chi connectivity index (χ2n) is 8.85. The molecule has 0 aliphatic heterocycles. The number of hydrazone groups is 1. The van der Waals surface area contributed by atoms with E-state index in [1.165, 1.54) is 11.4 Å². The molecule has 0 aliphatic carbocycles. The van der Waals surface area contributed by atoms with Crippen molar-refractivity contribution in [1.82, 2.24) is 9.99 Å². The maximum atomic E-state index is 12.5. The van der Waals surface area contributed by atoms with Crippen LogP contribution in [0.25, 0.3) is 5.69 Å². The SMILES string of the molecule is CC[C@@H](C)Oc1c(I)cc(/C=N/NC(=O)c2ccc(COc3ccc(-n4c(C)ccc4C)cc3)o2)cc1I. The van der Waals surface area contributed by atoms with Crippen LogP contribution in [0.4, 0.5) is 0 Å². The largest absolute Gasteiger partial charge is 0.489 e. The van der Waals surface area contributed by atoms with Gasteiger partial charge in [0.05, 0.1) is 19.5 Å². The van der Waals surface area contributed by atoms with Crippen molar-refractivity contribution in [2.75, 3.05) is 0 Å². The predicted octanol–water partition coefficient (Wildman–Crippen LogP) is 7.42. The van der Waals surface area contributed by atoms with Crippen LogP contribution in [0.15, 0.2) is 70.2 Å². The van der Waals surface area contributed by atoms with Gasteiger partial charge in [-0.05, 0) is 139 Å². The third-order valence-corrected chi connectivity index (χ3v) is 7.53. The van der Waals surface area contributed by atoms with Gasteiger partial charge in [-0.15, -0.1) is 0 Å². The number of hydrogen-bond acceptors (Lipinski definition) is 5. The van der Waals surface area contributed by atoms with Crippen molar-refractivity contribution >= 4 is 57.3 Å².